The molecule has 28 heavy (non-hydrogen) atoms. The fraction of sp³-hybridized carbons (Fsp3) is 0.300. The monoisotopic (exact) mass is 383 g/mol. The average molecular weight is 383 g/mol. The van der Waals surface area contributed by atoms with Crippen molar-refractivity contribution in [2.45, 2.75) is 25.7 Å². The maximum absolute atomic E-state index is 12.8. The van der Waals surface area contributed by atoms with Crippen LogP contribution >= 0.6 is 0 Å². The van der Waals surface area contributed by atoms with Crippen LogP contribution in [0.3, 0.4) is 0 Å². The van der Waals surface area contributed by atoms with Crippen LogP contribution in [0, 0.1) is 6.92 Å². The number of esters is 1. The maximum Gasteiger partial charge on any atom is 0.306 e. The minimum Gasteiger partial charge on any atom is -0.469 e. The molecule has 8 heteroatoms. The third kappa shape index (κ3) is 4.11. The van der Waals surface area contributed by atoms with Gasteiger partial charge in [0.1, 0.15) is 6.26 Å². The molecule has 0 saturated heterocycles. The number of hydrogen-bond donors (Lipinski definition) is 0. The van der Waals surface area contributed by atoms with Crippen molar-refractivity contribution in [2.75, 3.05) is 19.1 Å². The molecule has 0 radical (unpaired) electrons. The summed E-state index contributed by atoms with van der Waals surface area (Å²) >= 11 is 0. The van der Waals surface area contributed by atoms with Gasteiger partial charge in [-0.25, -0.2) is 0 Å². The third-order valence-corrected chi connectivity index (χ3v) is 4.60. The zero-order chi connectivity index (χ0) is 20.1. The lowest BCUT2D eigenvalue weighted by molar-refractivity contribution is -0.141. The van der Waals surface area contributed by atoms with Crippen molar-refractivity contribution in [1.82, 2.24) is 10.3 Å². The first-order valence-corrected chi connectivity index (χ1v) is 8.76. The van der Waals surface area contributed by atoms with Gasteiger partial charge >= 0.3 is 5.97 Å². The summed E-state index contributed by atoms with van der Waals surface area (Å²) in [4.78, 5) is 26.3. The van der Waals surface area contributed by atoms with E-state index in [1.807, 2.05) is 37.3 Å². The molecule has 8 nitrogen and oxygen atoms in total. The number of ether oxygens (including phenoxy) is 1. The third-order valence-electron chi connectivity index (χ3n) is 4.60. The van der Waals surface area contributed by atoms with E-state index in [0.717, 1.165) is 5.69 Å². The van der Waals surface area contributed by atoms with E-state index in [-0.39, 0.29) is 18.7 Å². The van der Waals surface area contributed by atoms with Gasteiger partial charge in [-0.15, -0.1) is 0 Å². The van der Waals surface area contributed by atoms with Gasteiger partial charge in [0.2, 0.25) is 5.91 Å². The molecule has 0 unspecified atom stereocenters. The second-order valence-corrected chi connectivity index (χ2v) is 6.38. The molecule has 0 aliphatic heterocycles. The van der Waals surface area contributed by atoms with Crippen LogP contribution < -0.4 is 4.90 Å². The number of benzene rings is 1. The number of anilines is 1. The number of para-hydroxylation sites is 1. The Morgan fingerprint density at radius 1 is 1.14 bits per heavy atom. The molecule has 0 spiro atoms. The largest absolute Gasteiger partial charge is 0.469 e. The van der Waals surface area contributed by atoms with E-state index in [4.69, 9.17) is 13.8 Å². The van der Waals surface area contributed by atoms with Crippen molar-refractivity contribution in [2.24, 2.45) is 0 Å². The zero-order valence-corrected chi connectivity index (χ0v) is 15.9. The van der Waals surface area contributed by atoms with Gasteiger partial charge < -0.3 is 18.7 Å². The van der Waals surface area contributed by atoms with Gasteiger partial charge in [0.25, 0.3) is 0 Å². The highest BCUT2D eigenvalue weighted by molar-refractivity contribution is 5.93. The lowest BCUT2D eigenvalue weighted by Crippen LogP contribution is -2.28. The van der Waals surface area contributed by atoms with Crippen molar-refractivity contribution >= 4 is 17.6 Å². The molecule has 1 atom stereocenters. The van der Waals surface area contributed by atoms with Gasteiger partial charge in [0.15, 0.2) is 11.5 Å². The van der Waals surface area contributed by atoms with Crippen molar-refractivity contribution in [3.63, 3.8) is 0 Å². The molecule has 0 bridgehead atoms. The van der Waals surface area contributed by atoms with E-state index >= 15 is 0 Å². The van der Waals surface area contributed by atoms with Crippen LogP contribution in [0.2, 0.25) is 0 Å². The van der Waals surface area contributed by atoms with Crippen LogP contribution in [0.15, 0.2) is 51.7 Å². The molecule has 0 fully saturated rings. The molecule has 2 aromatic heterocycles. The molecular weight excluding hydrogens is 362 g/mol. The van der Waals surface area contributed by atoms with Gasteiger partial charge in [-0.3, -0.25) is 9.59 Å². The summed E-state index contributed by atoms with van der Waals surface area (Å²) < 4.78 is 15.1. The van der Waals surface area contributed by atoms with Crippen LogP contribution in [-0.4, -0.2) is 36.3 Å². The summed E-state index contributed by atoms with van der Waals surface area (Å²) in [6, 6.07) is 10.9. The van der Waals surface area contributed by atoms with Crippen LogP contribution in [0.4, 0.5) is 5.69 Å². The van der Waals surface area contributed by atoms with Crippen molar-refractivity contribution in [1.29, 1.82) is 0 Å². The summed E-state index contributed by atoms with van der Waals surface area (Å²) in [6.07, 6.45) is 1.52. The van der Waals surface area contributed by atoms with E-state index in [2.05, 4.69) is 10.3 Å². The number of aromatic nitrogens is 2. The predicted octanol–water partition coefficient (Wildman–Crippen LogP) is 3.34. The first-order valence-electron chi connectivity index (χ1n) is 8.76. The Kier molecular flexibility index (Phi) is 5.88. The minimum atomic E-state index is -0.490. The molecule has 0 saturated carbocycles. The second-order valence-electron chi connectivity index (χ2n) is 6.38. The van der Waals surface area contributed by atoms with Crippen molar-refractivity contribution < 1.29 is 23.4 Å². The molecule has 3 aromatic rings. The Hall–Kier alpha value is -3.42. The van der Waals surface area contributed by atoms with Gasteiger partial charge in [0.05, 0.1) is 19.2 Å². The Morgan fingerprint density at radius 3 is 2.54 bits per heavy atom. The number of carbonyl (C=O) groups excluding carboxylic acids is 2. The lowest BCUT2D eigenvalue weighted by atomic mass is 9.93. The summed E-state index contributed by atoms with van der Waals surface area (Å²) in [7, 11) is 3.01. The van der Waals surface area contributed by atoms with Crippen molar-refractivity contribution in [3.05, 3.63) is 53.9 Å². The summed E-state index contributed by atoms with van der Waals surface area (Å²) in [6.45, 7) is 1.81. The highest BCUT2D eigenvalue weighted by atomic mass is 16.5. The first-order chi connectivity index (χ1) is 13.5. The molecule has 1 amide bonds. The maximum atomic E-state index is 12.8. The quantitative estimate of drug-likeness (QED) is 0.577. The molecule has 0 aliphatic rings. The lowest BCUT2D eigenvalue weighted by Gasteiger charge is -2.20. The first kappa shape index (κ1) is 19.3. The molecule has 1 aromatic carbocycles. The van der Waals surface area contributed by atoms with Crippen LogP contribution in [0.1, 0.15) is 30.0 Å². The van der Waals surface area contributed by atoms with Gasteiger partial charge in [-0.2, -0.15) is 0 Å². The predicted molar refractivity (Wildman–Crippen MR) is 101 cm³/mol. The zero-order valence-electron chi connectivity index (χ0n) is 15.9. The Labute approximate surface area is 162 Å². The van der Waals surface area contributed by atoms with Gasteiger partial charge in [0, 0.05) is 36.7 Å². The fourth-order valence-electron chi connectivity index (χ4n) is 2.99. The number of hydrogen-bond acceptors (Lipinski definition) is 7. The molecule has 0 aliphatic carbocycles. The average Bonchev–Trinajstić information content (AvgIpc) is 3.36. The molecular formula is C20H21N3O5. The SMILES string of the molecule is COC(=O)C[C@@H](CC(=O)N(C)c1ccccc1)c1noc(-c2ccon2)c1C. The summed E-state index contributed by atoms with van der Waals surface area (Å²) in [5.41, 5.74) is 2.50. The molecule has 2 heterocycles. The number of nitrogens with zero attached hydrogens (tertiary/aromatic N) is 3. The number of amides is 1. The molecule has 0 N–H and O–H groups in total. The highest BCUT2D eigenvalue weighted by Gasteiger charge is 2.28. The van der Waals surface area contributed by atoms with E-state index < -0.39 is 11.9 Å². The highest BCUT2D eigenvalue weighted by Crippen LogP contribution is 2.33. The minimum absolute atomic E-state index is 0.0104. The number of rotatable bonds is 7. The van der Waals surface area contributed by atoms with Gasteiger partial charge in [-0.05, 0) is 19.1 Å². The smallest absolute Gasteiger partial charge is 0.306 e. The van der Waals surface area contributed by atoms with Crippen LogP contribution in [0.5, 0.6) is 0 Å². The van der Waals surface area contributed by atoms with Crippen LogP contribution in [-0.2, 0) is 14.3 Å². The van der Waals surface area contributed by atoms with E-state index in [1.54, 1.807) is 18.0 Å². The molecule has 146 valence electrons. The van der Waals surface area contributed by atoms with E-state index in [9.17, 15) is 9.59 Å². The van der Waals surface area contributed by atoms with E-state index in [0.29, 0.717) is 22.7 Å². The number of methoxy groups -OCH3 is 1. The Balaban J connectivity index is 1.85. The standard InChI is InChI=1S/C20H21N3O5/c1-13-19(22-28-20(13)16-9-10-27-21-16)14(12-18(25)26-3)11-17(24)23(2)15-7-5-4-6-8-15/h4-10,14H,11-12H2,1-3H3/t14-/m1/s1. The Morgan fingerprint density at radius 2 is 1.89 bits per heavy atom. The number of carbonyl (C=O) groups is 2. The van der Waals surface area contributed by atoms with Crippen LogP contribution in [0.25, 0.3) is 11.5 Å². The van der Waals surface area contributed by atoms with E-state index in [1.165, 1.54) is 13.4 Å². The van der Waals surface area contributed by atoms with Gasteiger partial charge in [-0.1, -0.05) is 28.5 Å². The topological polar surface area (TPSA) is 98.7 Å². The normalized spacial score (nSPS) is 11.8. The van der Waals surface area contributed by atoms with Crippen molar-refractivity contribution in [3.8, 4) is 11.5 Å². The molecule has 3 rings (SSSR count). The summed E-state index contributed by atoms with van der Waals surface area (Å²) in [5.74, 6) is -0.617. The fourth-order valence-corrected chi connectivity index (χ4v) is 2.99. The Bertz CT molecular complexity index is 934. The second kappa shape index (κ2) is 8.51. The summed E-state index contributed by atoms with van der Waals surface area (Å²) in [5, 5.41) is 7.96.